The van der Waals surface area contributed by atoms with Crippen LogP contribution in [0.15, 0.2) is 17.0 Å². The van der Waals surface area contributed by atoms with Crippen LogP contribution in [0.5, 0.6) is 5.75 Å². The normalized spacial score (nSPS) is 25.2. The second kappa shape index (κ2) is 5.42. The summed E-state index contributed by atoms with van der Waals surface area (Å²) in [5, 5.41) is 9.69. The van der Waals surface area contributed by atoms with Crippen molar-refractivity contribution in [3.8, 4) is 5.75 Å². The Bertz CT molecular complexity index is 651. The smallest absolute Gasteiger partial charge is 0.446 e. The molecule has 0 amide bonds. The van der Waals surface area contributed by atoms with Crippen molar-refractivity contribution < 1.29 is 40.6 Å². The van der Waals surface area contributed by atoms with Gasteiger partial charge in [-0.25, -0.2) is 17.6 Å². The zero-order valence-corrected chi connectivity index (χ0v) is 12.7. The van der Waals surface area contributed by atoms with E-state index in [1.165, 1.54) is 0 Å². The molecular formula is C14H11F7O2S. The van der Waals surface area contributed by atoms with Crippen molar-refractivity contribution in [1.29, 1.82) is 0 Å². The number of benzene rings is 1. The van der Waals surface area contributed by atoms with Crippen molar-refractivity contribution in [3.05, 3.63) is 23.3 Å². The molecule has 0 spiro atoms. The van der Waals surface area contributed by atoms with Crippen LogP contribution in [0.3, 0.4) is 0 Å². The molecule has 1 N–H and O–H groups in total. The van der Waals surface area contributed by atoms with E-state index in [0.717, 1.165) is 12.1 Å². The van der Waals surface area contributed by atoms with E-state index in [-0.39, 0.29) is 11.3 Å². The molecule has 0 bridgehead atoms. The van der Waals surface area contributed by atoms with E-state index in [4.69, 9.17) is 4.74 Å². The van der Waals surface area contributed by atoms with Crippen LogP contribution in [0.1, 0.15) is 30.1 Å². The number of hydrogen-bond donors (Lipinski definition) is 1. The molecule has 3 rings (SSSR count). The van der Waals surface area contributed by atoms with Crippen molar-refractivity contribution in [2.24, 2.45) is 0 Å². The minimum absolute atomic E-state index is 0.187. The Hall–Kier alpha value is -1.16. The lowest BCUT2D eigenvalue weighted by atomic mass is 9.91. The van der Waals surface area contributed by atoms with Crippen LogP contribution in [-0.2, 0) is 6.42 Å². The Morgan fingerprint density at radius 2 is 1.75 bits per heavy atom. The fraction of sp³-hybridized carbons (Fsp3) is 0.571. The molecule has 10 heteroatoms. The zero-order chi connectivity index (χ0) is 17.9. The summed E-state index contributed by atoms with van der Waals surface area (Å²) < 4.78 is 96.1. The molecule has 2 nitrogen and oxygen atoms in total. The number of aliphatic hydroxyl groups is 1. The van der Waals surface area contributed by atoms with Crippen LogP contribution in [0.25, 0.3) is 0 Å². The van der Waals surface area contributed by atoms with Crippen LogP contribution in [0.4, 0.5) is 30.7 Å². The molecule has 0 radical (unpaired) electrons. The Morgan fingerprint density at radius 1 is 1.12 bits per heavy atom. The van der Waals surface area contributed by atoms with Gasteiger partial charge in [-0.2, -0.15) is 13.2 Å². The summed E-state index contributed by atoms with van der Waals surface area (Å²) in [6.07, 6.45) is -5.46. The highest BCUT2D eigenvalue weighted by Crippen LogP contribution is 2.53. The molecule has 134 valence electrons. The topological polar surface area (TPSA) is 29.5 Å². The molecule has 1 saturated carbocycles. The van der Waals surface area contributed by atoms with Crippen molar-refractivity contribution in [2.45, 2.75) is 53.7 Å². The van der Waals surface area contributed by atoms with Gasteiger partial charge in [0.05, 0.1) is 0 Å². The molecule has 0 heterocycles. The second-order valence-electron chi connectivity index (χ2n) is 5.85. The molecule has 24 heavy (non-hydrogen) atoms. The third kappa shape index (κ3) is 3.30. The number of halogens is 7. The fourth-order valence-electron chi connectivity index (χ4n) is 2.84. The maximum atomic E-state index is 13.8. The Balaban J connectivity index is 1.93. The SMILES string of the molecule is OC1c2c(SC(F)(F)F)ccc(OC3CC(F)(F)C3)c2CC1(F)F. The summed E-state index contributed by atoms with van der Waals surface area (Å²) in [7, 11) is 0. The van der Waals surface area contributed by atoms with Crippen molar-refractivity contribution >= 4 is 11.8 Å². The number of rotatable bonds is 3. The maximum Gasteiger partial charge on any atom is 0.446 e. The van der Waals surface area contributed by atoms with E-state index in [0.29, 0.717) is 0 Å². The summed E-state index contributed by atoms with van der Waals surface area (Å²) >= 11 is -0.611. The van der Waals surface area contributed by atoms with Crippen LogP contribution in [-0.4, -0.2) is 28.6 Å². The quantitative estimate of drug-likeness (QED) is 0.613. The van der Waals surface area contributed by atoms with Gasteiger partial charge in [-0.15, -0.1) is 0 Å². The highest BCUT2D eigenvalue weighted by atomic mass is 32.2. The van der Waals surface area contributed by atoms with Gasteiger partial charge in [0.1, 0.15) is 18.0 Å². The number of alkyl halides is 7. The Labute approximate surface area is 136 Å². The van der Waals surface area contributed by atoms with Crippen molar-refractivity contribution in [1.82, 2.24) is 0 Å². The predicted octanol–water partition coefficient (Wildman–Crippen LogP) is 4.70. The standard InChI is InChI=1S/C14H11F7O2S/c15-12(16)3-6(4-12)23-8-1-2-9(24-14(19,20)21)10-7(8)5-13(17,18)11(10)22/h1-2,6,11,22H,3-5H2. The van der Waals surface area contributed by atoms with Gasteiger partial charge in [-0.3, -0.25) is 0 Å². The monoisotopic (exact) mass is 376 g/mol. The molecule has 0 aromatic heterocycles. The zero-order valence-electron chi connectivity index (χ0n) is 11.8. The molecule has 1 fully saturated rings. The molecule has 1 aromatic rings. The fourth-order valence-corrected chi connectivity index (χ4v) is 3.57. The van der Waals surface area contributed by atoms with E-state index in [9.17, 15) is 35.8 Å². The van der Waals surface area contributed by atoms with E-state index in [1.54, 1.807) is 0 Å². The van der Waals surface area contributed by atoms with E-state index in [2.05, 4.69) is 0 Å². The molecule has 2 aliphatic carbocycles. The molecular weight excluding hydrogens is 365 g/mol. The number of thioether (sulfide) groups is 1. The van der Waals surface area contributed by atoms with Gasteiger partial charge in [0.15, 0.2) is 0 Å². The van der Waals surface area contributed by atoms with E-state index < -0.39 is 71.0 Å². The van der Waals surface area contributed by atoms with Gasteiger partial charge in [-0.1, -0.05) is 0 Å². The number of fused-ring (bicyclic) bond motifs is 1. The molecule has 1 atom stereocenters. The van der Waals surface area contributed by atoms with Crippen molar-refractivity contribution in [3.63, 3.8) is 0 Å². The van der Waals surface area contributed by atoms with Gasteiger partial charge in [0.25, 0.3) is 11.8 Å². The first kappa shape index (κ1) is 17.7. The van der Waals surface area contributed by atoms with Gasteiger partial charge in [0, 0.05) is 35.3 Å². The van der Waals surface area contributed by atoms with E-state index >= 15 is 0 Å². The second-order valence-corrected chi connectivity index (χ2v) is 6.95. The van der Waals surface area contributed by atoms with Crippen molar-refractivity contribution in [2.75, 3.05) is 0 Å². The summed E-state index contributed by atoms with van der Waals surface area (Å²) in [5.74, 6) is -6.72. The molecule has 1 unspecified atom stereocenters. The number of ether oxygens (including phenoxy) is 1. The third-order valence-corrected chi connectivity index (χ3v) is 4.74. The first-order valence-electron chi connectivity index (χ1n) is 6.90. The third-order valence-electron chi connectivity index (χ3n) is 3.93. The summed E-state index contributed by atoms with van der Waals surface area (Å²) in [6.45, 7) is 0. The lowest BCUT2D eigenvalue weighted by Crippen LogP contribution is -2.43. The van der Waals surface area contributed by atoms with Crippen LogP contribution < -0.4 is 4.74 Å². The minimum atomic E-state index is -4.72. The summed E-state index contributed by atoms with van der Waals surface area (Å²) in [5.41, 5.74) is -5.54. The average molecular weight is 376 g/mol. The molecule has 2 aliphatic rings. The summed E-state index contributed by atoms with van der Waals surface area (Å²) in [4.78, 5) is -0.548. The Kier molecular flexibility index (Phi) is 3.99. The lowest BCUT2D eigenvalue weighted by molar-refractivity contribution is -0.134. The first-order chi connectivity index (χ1) is 10.9. The van der Waals surface area contributed by atoms with Gasteiger partial charge in [-0.05, 0) is 23.9 Å². The van der Waals surface area contributed by atoms with Gasteiger partial charge in [0.2, 0.25) is 0 Å². The lowest BCUT2D eigenvalue weighted by Gasteiger charge is -2.35. The average Bonchev–Trinajstić information content (AvgIpc) is 2.60. The number of hydrogen-bond acceptors (Lipinski definition) is 3. The molecule has 0 saturated heterocycles. The van der Waals surface area contributed by atoms with Crippen LogP contribution in [0.2, 0.25) is 0 Å². The minimum Gasteiger partial charge on any atom is -0.490 e. The first-order valence-corrected chi connectivity index (χ1v) is 7.71. The highest BCUT2D eigenvalue weighted by Gasteiger charge is 2.51. The summed E-state index contributed by atoms with van der Waals surface area (Å²) in [6, 6.07) is 1.96. The maximum absolute atomic E-state index is 13.8. The van der Waals surface area contributed by atoms with E-state index in [1.807, 2.05) is 0 Å². The molecule has 0 aliphatic heterocycles. The Morgan fingerprint density at radius 3 is 2.29 bits per heavy atom. The largest absolute Gasteiger partial charge is 0.490 e. The number of aliphatic hydroxyl groups excluding tert-OH is 1. The van der Waals surface area contributed by atoms with Crippen LogP contribution in [0, 0.1) is 0 Å². The highest BCUT2D eigenvalue weighted by molar-refractivity contribution is 8.00. The van der Waals surface area contributed by atoms with Crippen LogP contribution >= 0.6 is 11.8 Å². The molecule has 1 aromatic carbocycles. The predicted molar refractivity (Wildman–Crippen MR) is 70.6 cm³/mol. The van der Waals surface area contributed by atoms with Gasteiger partial charge < -0.3 is 9.84 Å². The van der Waals surface area contributed by atoms with Gasteiger partial charge >= 0.3 is 5.51 Å².